The molecule has 0 saturated heterocycles. The Morgan fingerprint density at radius 1 is 0.253 bits per heavy atom. The van der Waals surface area contributed by atoms with Crippen LogP contribution >= 0.6 is 0 Å². The van der Waals surface area contributed by atoms with E-state index in [0.717, 1.165) is 96.3 Å². The van der Waals surface area contributed by atoms with Crippen molar-refractivity contribution in [3.8, 4) is 0 Å². The van der Waals surface area contributed by atoms with Crippen LogP contribution in [0.15, 0.2) is 72.9 Å². The van der Waals surface area contributed by atoms with Crippen molar-refractivity contribution < 1.29 is 28.6 Å². The van der Waals surface area contributed by atoms with Gasteiger partial charge in [-0.3, -0.25) is 14.4 Å². The highest BCUT2D eigenvalue weighted by Gasteiger charge is 2.19. The molecule has 0 bridgehead atoms. The van der Waals surface area contributed by atoms with Crippen LogP contribution < -0.4 is 0 Å². The van der Waals surface area contributed by atoms with Gasteiger partial charge in [0.25, 0.3) is 0 Å². The fraction of sp³-hybridized carbons (Fsp3) is 0.805. The first-order valence-electron chi connectivity index (χ1n) is 36.4. The first-order chi connectivity index (χ1) is 41.0. The maximum absolute atomic E-state index is 12.9. The van der Waals surface area contributed by atoms with Gasteiger partial charge in [0.1, 0.15) is 13.2 Å². The molecule has 0 spiro atoms. The predicted molar refractivity (Wildman–Crippen MR) is 362 cm³/mol. The highest BCUT2D eigenvalue weighted by molar-refractivity contribution is 5.71. The van der Waals surface area contributed by atoms with Crippen molar-refractivity contribution in [3.05, 3.63) is 72.9 Å². The van der Waals surface area contributed by atoms with Crippen molar-refractivity contribution in [2.24, 2.45) is 0 Å². The quantitative estimate of drug-likeness (QED) is 0.0261. The van der Waals surface area contributed by atoms with E-state index in [0.29, 0.717) is 19.3 Å². The number of carbonyl (C=O) groups is 3. The van der Waals surface area contributed by atoms with Gasteiger partial charge < -0.3 is 14.2 Å². The lowest BCUT2D eigenvalue weighted by Crippen LogP contribution is -2.30. The van der Waals surface area contributed by atoms with Crippen LogP contribution in [0.25, 0.3) is 0 Å². The number of unbranched alkanes of at least 4 members (excludes halogenated alkanes) is 44. The Kier molecular flexibility index (Phi) is 68.6. The Balaban J connectivity index is 4.23. The van der Waals surface area contributed by atoms with Crippen molar-refractivity contribution >= 4 is 17.9 Å². The number of esters is 3. The summed E-state index contributed by atoms with van der Waals surface area (Å²) < 4.78 is 17.0. The molecule has 0 rings (SSSR count). The summed E-state index contributed by atoms with van der Waals surface area (Å²) in [5.41, 5.74) is 0. The van der Waals surface area contributed by atoms with E-state index in [9.17, 15) is 14.4 Å². The number of carbonyl (C=O) groups excluding carboxylic acids is 3. The molecule has 0 aromatic rings. The Labute approximate surface area is 516 Å². The van der Waals surface area contributed by atoms with E-state index in [1.54, 1.807) is 0 Å². The van der Waals surface area contributed by atoms with E-state index >= 15 is 0 Å². The second-order valence-corrected chi connectivity index (χ2v) is 24.5. The standard InChI is InChI=1S/C77H138O6/c1-4-7-10-13-16-19-22-25-28-31-32-33-34-35-36-37-38-39-40-41-42-43-44-47-49-52-55-58-61-64-67-70-76(79)82-73-74(83-77(80)71-68-65-62-59-56-53-50-46-30-27-24-21-18-15-12-9-6-3)72-81-75(78)69-66-63-60-57-54-51-48-45-29-26-23-20-17-14-11-8-5-2/h9,12,18,21-22,25,27,30-32,34-35,74H,4-8,10-11,13-17,19-20,23-24,26,28-29,33,36-73H2,1-3H3/b12-9-,21-18-,25-22-,30-27-,32-31-,35-34-. The summed E-state index contributed by atoms with van der Waals surface area (Å²) >= 11 is 0. The molecule has 0 amide bonds. The summed E-state index contributed by atoms with van der Waals surface area (Å²) in [4.78, 5) is 38.5. The Morgan fingerprint density at radius 3 is 0.735 bits per heavy atom. The molecule has 0 saturated carbocycles. The number of allylic oxidation sites excluding steroid dienone is 12. The molecule has 6 heteroatoms. The first-order valence-corrected chi connectivity index (χ1v) is 36.4. The fourth-order valence-corrected chi connectivity index (χ4v) is 10.8. The lowest BCUT2D eigenvalue weighted by atomic mass is 10.0. The zero-order chi connectivity index (χ0) is 59.9. The van der Waals surface area contributed by atoms with Crippen LogP contribution in [-0.4, -0.2) is 37.2 Å². The molecule has 0 N–H and O–H groups in total. The zero-order valence-corrected chi connectivity index (χ0v) is 55.5. The molecule has 0 aliphatic rings. The third-order valence-corrected chi connectivity index (χ3v) is 16.2. The third kappa shape index (κ3) is 69.5. The van der Waals surface area contributed by atoms with Gasteiger partial charge in [0.2, 0.25) is 0 Å². The van der Waals surface area contributed by atoms with Crippen LogP contribution in [0.4, 0.5) is 0 Å². The monoisotopic (exact) mass is 1160 g/mol. The van der Waals surface area contributed by atoms with Crippen molar-refractivity contribution in [2.75, 3.05) is 13.2 Å². The Bertz CT molecular complexity index is 1520. The van der Waals surface area contributed by atoms with E-state index in [1.165, 1.54) is 244 Å². The molecular formula is C77H138O6. The second kappa shape index (κ2) is 71.3. The van der Waals surface area contributed by atoms with Crippen molar-refractivity contribution in [1.29, 1.82) is 0 Å². The van der Waals surface area contributed by atoms with Gasteiger partial charge in [-0.2, -0.15) is 0 Å². The third-order valence-electron chi connectivity index (χ3n) is 16.2. The molecule has 6 nitrogen and oxygen atoms in total. The summed E-state index contributed by atoms with van der Waals surface area (Å²) in [6.07, 6.45) is 93.6. The van der Waals surface area contributed by atoms with Crippen molar-refractivity contribution in [1.82, 2.24) is 0 Å². The highest BCUT2D eigenvalue weighted by atomic mass is 16.6. The summed E-state index contributed by atoms with van der Waals surface area (Å²) in [6.45, 7) is 6.57. The summed E-state index contributed by atoms with van der Waals surface area (Å²) in [7, 11) is 0. The average molecular weight is 1160 g/mol. The molecule has 1 atom stereocenters. The van der Waals surface area contributed by atoms with E-state index in [4.69, 9.17) is 14.2 Å². The summed E-state index contributed by atoms with van der Waals surface area (Å²) in [5, 5.41) is 0. The number of rotatable bonds is 67. The molecule has 0 aliphatic carbocycles. The number of hydrogen-bond acceptors (Lipinski definition) is 6. The van der Waals surface area contributed by atoms with Crippen molar-refractivity contribution in [3.63, 3.8) is 0 Å². The minimum Gasteiger partial charge on any atom is -0.462 e. The lowest BCUT2D eigenvalue weighted by molar-refractivity contribution is -0.167. The van der Waals surface area contributed by atoms with Crippen LogP contribution in [0.1, 0.15) is 380 Å². The smallest absolute Gasteiger partial charge is 0.306 e. The molecule has 0 fully saturated rings. The van der Waals surface area contributed by atoms with Gasteiger partial charge in [0, 0.05) is 19.3 Å². The minimum absolute atomic E-state index is 0.0745. The van der Waals surface area contributed by atoms with Crippen LogP contribution in [0.3, 0.4) is 0 Å². The van der Waals surface area contributed by atoms with Gasteiger partial charge in [-0.15, -0.1) is 0 Å². The van der Waals surface area contributed by atoms with E-state index in [2.05, 4.69) is 93.7 Å². The van der Waals surface area contributed by atoms with Gasteiger partial charge >= 0.3 is 17.9 Å². The molecule has 0 heterocycles. The fourth-order valence-electron chi connectivity index (χ4n) is 10.8. The predicted octanol–water partition coefficient (Wildman–Crippen LogP) is 25.2. The average Bonchev–Trinajstić information content (AvgIpc) is 3.50. The van der Waals surface area contributed by atoms with Crippen molar-refractivity contribution in [2.45, 2.75) is 386 Å². The van der Waals surface area contributed by atoms with Gasteiger partial charge in [-0.1, -0.05) is 344 Å². The van der Waals surface area contributed by atoms with E-state index in [-0.39, 0.29) is 31.1 Å². The number of ether oxygens (including phenoxy) is 3. The molecule has 0 aromatic carbocycles. The van der Waals surface area contributed by atoms with E-state index in [1.807, 2.05) is 0 Å². The second-order valence-electron chi connectivity index (χ2n) is 24.5. The topological polar surface area (TPSA) is 78.9 Å². The van der Waals surface area contributed by atoms with E-state index < -0.39 is 6.10 Å². The first kappa shape index (κ1) is 79.8. The van der Waals surface area contributed by atoms with Gasteiger partial charge in [-0.05, 0) is 89.9 Å². The van der Waals surface area contributed by atoms with Gasteiger partial charge in [0.15, 0.2) is 6.10 Å². The Morgan fingerprint density at radius 2 is 0.470 bits per heavy atom. The van der Waals surface area contributed by atoms with Crippen LogP contribution in [0.5, 0.6) is 0 Å². The molecule has 83 heavy (non-hydrogen) atoms. The molecule has 0 aliphatic heterocycles. The zero-order valence-electron chi connectivity index (χ0n) is 55.5. The molecular weight excluding hydrogens is 1020 g/mol. The SMILES string of the molecule is CC/C=C\C/C=C\C/C=C\CCCCCCCCCC(=O)OC(COC(=O)CCCCCCCCCCCCCCCCCCC)COC(=O)CCCCCCCCCCCCCCCCCC/C=C\C/C=C\C/C=C\CCCCCCC. The molecule has 1 unspecified atom stereocenters. The normalized spacial score (nSPS) is 12.5. The molecule has 482 valence electrons. The maximum Gasteiger partial charge on any atom is 0.306 e. The summed E-state index contributed by atoms with van der Waals surface area (Å²) in [6, 6.07) is 0. The Hall–Kier alpha value is -3.15. The van der Waals surface area contributed by atoms with Gasteiger partial charge in [0.05, 0.1) is 0 Å². The van der Waals surface area contributed by atoms with Crippen LogP contribution in [0, 0.1) is 0 Å². The molecule has 0 aromatic heterocycles. The van der Waals surface area contributed by atoms with Crippen LogP contribution in [-0.2, 0) is 28.6 Å². The number of hydrogen-bond donors (Lipinski definition) is 0. The van der Waals surface area contributed by atoms with Crippen LogP contribution in [0.2, 0.25) is 0 Å². The van der Waals surface area contributed by atoms with Gasteiger partial charge in [-0.25, -0.2) is 0 Å². The molecule has 0 radical (unpaired) electrons. The lowest BCUT2D eigenvalue weighted by Gasteiger charge is -2.18. The minimum atomic E-state index is -0.780. The summed E-state index contributed by atoms with van der Waals surface area (Å²) in [5.74, 6) is -0.860. The largest absolute Gasteiger partial charge is 0.462 e. The maximum atomic E-state index is 12.9. The highest BCUT2D eigenvalue weighted by Crippen LogP contribution is 2.18.